The molecule has 0 saturated heterocycles. The van der Waals surface area contributed by atoms with Crippen LogP contribution < -0.4 is 20.4 Å². The van der Waals surface area contributed by atoms with Crippen LogP contribution in [0.3, 0.4) is 0 Å². The number of amides is 2. The van der Waals surface area contributed by atoms with E-state index in [2.05, 4.69) is 15.5 Å². The van der Waals surface area contributed by atoms with E-state index in [4.69, 9.17) is 4.74 Å². The summed E-state index contributed by atoms with van der Waals surface area (Å²) in [6, 6.07) is 16.9. The van der Waals surface area contributed by atoms with Crippen molar-refractivity contribution in [2.75, 3.05) is 30.1 Å². The van der Waals surface area contributed by atoms with E-state index in [0.29, 0.717) is 11.3 Å². The van der Waals surface area contributed by atoms with E-state index in [1.165, 1.54) is 24.3 Å². The Kier molecular flexibility index (Phi) is 11.2. The molecule has 0 aliphatic heterocycles. The topological polar surface area (TPSA) is 163 Å². The van der Waals surface area contributed by atoms with Crippen molar-refractivity contribution >= 4 is 29.1 Å². The summed E-state index contributed by atoms with van der Waals surface area (Å²) in [7, 11) is 0. The van der Waals surface area contributed by atoms with Crippen LogP contribution in [-0.2, 0) is 16.1 Å². The maximum absolute atomic E-state index is 12.9. The lowest BCUT2D eigenvalue weighted by Crippen LogP contribution is -2.41. The molecule has 0 aliphatic carbocycles. The molecule has 2 amide bonds. The molecule has 0 heterocycles. The lowest BCUT2D eigenvalue weighted by atomic mass is 10.1. The van der Waals surface area contributed by atoms with Crippen molar-refractivity contribution in [3.63, 3.8) is 0 Å². The molecule has 0 saturated carbocycles. The number of benzene rings is 3. The predicted octanol–water partition coefficient (Wildman–Crippen LogP) is 3.59. The summed E-state index contributed by atoms with van der Waals surface area (Å²) in [6.45, 7) is -0.195. The van der Waals surface area contributed by atoms with Crippen molar-refractivity contribution in [1.82, 2.24) is 5.32 Å². The van der Waals surface area contributed by atoms with Crippen LogP contribution in [0.4, 0.5) is 35.0 Å². The number of aliphatic hydroxyl groups excluding tert-OH is 2. The van der Waals surface area contributed by atoms with Gasteiger partial charge in [-0.15, -0.1) is 5.06 Å². The summed E-state index contributed by atoms with van der Waals surface area (Å²) in [4.78, 5) is 38.7. The quantitative estimate of drug-likeness (QED) is 0.182. The molecule has 0 aliphatic rings. The van der Waals surface area contributed by atoms with Gasteiger partial charge in [0.05, 0.1) is 17.2 Å². The molecule has 42 heavy (non-hydrogen) atoms. The number of para-hydroxylation sites is 1. The van der Waals surface area contributed by atoms with Crippen LogP contribution in [0.5, 0.6) is 5.75 Å². The fourth-order valence-electron chi connectivity index (χ4n) is 3.51. The molecule has 3 aromatic rings. The largest absolute Gasteiger partial charge is 0.493 e. The Morgan fingerprint density at radius 1 is 1.00 bits per heavy atom. The number of hydrogen-bond acceptors (Lipinski definition) is 9. The Morgan fingerprint density at radius 3 is 2.21 bits per heavy atom. The first-order valence-electron chi connectivity index (χ1n) is 12.4. The summed E-state index contributed by atoms with van der Waals surface area (Å²) in [5, 5.41) is 36.1. The molecule has 224 valence electrons. The van der Waals surface area contributed by atoms with Crippen LogP contribution in [0, 0.1) is 10.1 Å². The number of aliphatic hydroxyl groups is 2. The molecule has 4 N–H and O–H groups in total. The van der Waals surface area contributed by atoms with Gasteiger partial charge >= 0.3 is 18.2 Å². The van der Waals surface area contributed by atoms with Gasteiger partial charge in [0.25, 0.3) is 5.69 Å². The summed E-state index contributed by atoms with van der Waals surface area (Å²) in [6.07, 6.45) is -6.05. The number of halogens is 3. The second-order valence-corrected chi connectivity index (χ2v) is 8.84. The lowest BCUT2D eigenvalue weighted by molar-refractivity contribution is -0.384. The van der Waals surface area contributed by atoms with Crippen molar-refractivity contribution in [2.24, 2.45) is 0 Å². The number of nitro benzene ring substituents is 1. The highest BCUT2D eigenvalue weighted by Gasteiger charge is 2.43. The highest BCUT2D eigenvalue weighted by Crippen LogP contribution is 2.24. The Balaban J connectivity index is 1.64. The molecule has 0 radical (unpaired) electrons. The van der Waals surface area contributed by atoms with Gasteiger partial charge in [-0.05, 0) is 48.4 Å². The van der Waals surface area contributed by atoms with Gasteiger partial charge in [-0.25, -0.2) is 9.59 Å². The number of urea groups is 1. The van der Waals surface area contributed by atoms with Crippen LogP contribution in [0.15, 0.2) is 78.9 Å². The van der Waals surface area contributed by atoms with E-state index in [9.17, 15) is 43.1 Å². The third kappa shape index (κ3) is 9.72. The maximum atomic E-state index is 12.9. The molecular formula is C27H27F3N4O8. The van der Waals surface area contributed by atoms with Crippen LogP contribution in [0.25, 0.3) is 0 Å². The van der Waals surface area contributed by atoms with Crippen molar-refractivity contribution in [3.8, 4) is 5.75 Å². The summed E-state index contributed by atoms with van der Waals surface area (Å²) < 4.78 is 44.2. The van der Waals surface area contributed by atoms with Gasteiger partial charge in [0.15, 0.2) is 0 Å². The number of carbonyl (C=O) groups excluding carboxylic acids is 2. The zero-order chi connectivity index (χ0) is 30.7. The number of hydroxylamine groups is 1. The van der Waals surface area contributed by atoms with Gasteiger partial charge in [-0.3, -0.25) is 10.1 Å². The monoisotopic (exact) mass is 592 g/mol. The van der Waals surface area contributed by atoms with Crippen molar-refractivity contribution in [3.05, 3.63) is 94.5 Å². The number of nitrogens with zero attached hydrogens (tertiary/aromatic N) is 2. The van der Waals surface area contributed by atoms with Crippen LogP contribution in [0.2, 0.25) is 0 Å². The standard InChI is InChI=1S/C27H27F3N4O8/c28-27(29,30)25(37)42-33(26(38)32-19-8-12-22(13-9-19)34(39)40)21-10-6-18(7-11-21)14-20(16-35)31-15-23(36)17-41-24-4-2-1-3-5-24/h1-13,20,23,31,35-36H,14-17H2,(H,32,38)/t20-,23-/m0/s1. The summed E-state index contributed by atoms with van der Waals surface area (Å²) >= 11 is 0. The zero-order valence-electron chi connectivity index (χ0n) is 21.9. The SMILES string of the molecule is O=C(Nc1ccc([N+](=O)[O-])cc1)N(OC(=O)C(F)(F)F)c1ccc(C[C@@H](CO)NC[C@H](O)COc2ccccc2)cc1. The Hall–Kier alpha value is -4.73. The number of anilines is 2. The number of nitro groups is 1. The molecular weight excluding hydrogens is 565 g/mol. The third-order valence-corrected chi connectivity index (χ3v) is 5.62. The Labute approximate surface area is 237 Å². The second-order valence-electron chi connectivity index (χ2n) is 8.84. The highest BCUT2D eigenvalue weighted by molar-refractivity contribution is 6.01. The molecule has 3 rings (SSSR count). The molecule has 0 aromatic heterocycles. The minimum atomic E-state index is -5.40. The maximum Gasteiger partial charge on any atom is 0.493 e. The lowest BCUT2D eigenvalue weighted by Gasteiger charge is -2.23. The van der Waals surface area contributed by atoms with E-state index in [1.54, 1.807) is 24.3 Å². The van der Waals surface area contributed by atoms with Gasteiger partial charge in [-0.1, -0.05) is 30.3 Å². The molecule has 0 unspecified atom stereocenters. The van der Waals surface area contributed by atoms with Crippen molar-refractivity contribution < 1.29 is 47.5 Å². The average molecular weight is 593 g/mol. The molecule has 0 spiro atoms. The van der Waals surface area contributed by atoms with Crippen molar-refractivity contribution in [1.29, 1.82) is 0 Å². The molecule has 12 nitrogen and oxygen atoms in total. The number of nitrogens with one attached hydrogen (secondary N) is 2. The molecule has 3 aromatic carbocycles. The van der Waals surface area contributed by atoms with Gasteiger partial charge < -0.3 is 30.4 Å². The molecule has 0 fully saturated rings. The van der Waals surface area contributed by atoms with Crippen LogP contribution in [-0.4, -0.2) is 65.2 Å². The first-order chi connectivity index (χ1) is 20.0. The fraction of sp³-hybridized carbons (Fsp3) is 0.259. The van der Waals surface area contributed by atoms with E-state index < -0.39 is 35.2 Å². The number of rotatable bonds is 12. The van der Waals surface area contributed by atoms with E-state index >= 15 is 0 Å². The zero-order valence-corrected chi connectivity index (χ0v) is 21.9. The van der Waals surface area contributed by atoms with Gasteiger partial charge in [0, 0.05) is 30.4 Å². The summed E-state index contributed by atoms with van der Waals surface area (Å²) in [5.74, 6) is -2.06. The van der Waals surface area contributed by atoms with Gasteiger partial charge in [0.1, 0.15) is 18.5 Å². The van der Waals surface area contributed by atoms with Gasteiger partial charge in [0.2, 0.25) is 0 Å². The highest BCUT2D eigenvalue weighted by atomic mass is 19.4. The first-order valence-corrected chi connectivity index (χ1v) is 12.4. The third-order valence-electron chi connectivity index (χ3n) is 5.62. The molecule has 0 bridgehead atoms. The van der Waals surface area contributed by atoms with Crippen LogP contribution in [0.1, 0.15) is 5.56 Å². The Morgan fingerprint density at radius 2 is 1.64 bits per heavy atom. The fourth-order valence-corrected chi connectivity index (χ4v) is 3.51. The normalized spacial score (nSPS) is 12.6. The number of non-ortho nitro benzene ring substituents is 1. The predicted molar refractivity (Wildman–Crippen MR) is 144 cm³/mol. The van der Waals surface area contributed by atoms with E-state index in [0.717, 1.165) is 24.3 Å². The molecule has 15 heteroatoms. The average Bonchev–Trinajstić information content (AvgIpc) is 2.97. The summed E-state index contributed by atoms with van der Waals surface area (Å²) in [5.41, 5.74) is 0.0640. The minimum Gasteiger partial charge on any atom is -0.491 e. The van der Waals surface area contributed by atoms with E-state index in [-0.39, 0.29) is 48.3 Å². The Bertz CT molecular complexity index is 1330. The van der Waals surface area contributed by atoms with Gasteiger partial charge in [-0.2, -0.15) is 13.2 Å². The number of ether oxygens (including phenoxy) is 1. The number of carbonyl (C=O) groups is 2. The van der Waals surface area contributed by atoms with Crippen LogP contribution >= 0.6 is 0 Å². The van der Waals surface area contributed by atoms with Crippen molar-refractivity contribution in [2.45, 2.75) is 24.7 Å². The smallest absolute Gasteiger partial charge is 0.491 e. The molecule has 2 atom stereocenters. The number of hydrogen-bond donors (Lipinski definition) is 4. The first kappa shape index (κ1) is 31.8. The number of alkyl halides is 3. The van der Waals surface area contributed by atoms with E-state index in [1.807, 2.05) is 6.07 Å². The minimum absolute atomic E-state index is 0.0107. The second kappa shape index (κ2) is 14.8.